The predicted molar refractivity (Wildman–Crippen MR) is 69.1 cm³/mol. The SMILES string of the molecule is CC1=Cc2c(cccc2-c2cc(F)cc(F)c2)C1.[Zr]. The van der Waals surface area contributed by atoms with Gasteiger partial charge in [-0.25, -0.2) is 8.78 Å². The second-order valence-electron chi connectivity index (χ2n) is 4.70. The Morgan fingerprint density at radius 3 is 2.37 bits per heavy atom. The molecule has 0 aromatic heterocycles. The van der Waals surface area contributed by atoms with Crippen LogP contribution in [0.5, 0.6) is 0 Å². The van der Waals surface area contributed by atoms with Crippen LogP contribution in [0.4, 0.5) is 8.78 Å². The van der Waals surface area contributed by atoms with Gasteiger partial charge < -0.3 is 0 Å². The minimum Gasteiger partial charge on any atom is -0.207 e. The van der Waals surface area contributed by atoms with Crippen molar-refractivity contribution in [2.24, 2.45) is 0 Å². The van der Waals surface area contributed by atoms with Gasteiger partial charge in [0.05, 0.1) is 0 Å². The molecule has 0 saturated carbocycles. The average Bonchev–Trinajstić information content (AvgIpc) is 2.67. The summed E-state index contributed by atoms with van der Waals surface area (Å²) in [6.45, 7) is 2.07. The van der Waals surface area contributed by atoms with E-state index in [-0.39, 0.29) is 26.2 Å². The topological polar surface area (TPSA) is 0 Å². The molecule has 0 N–H and O–H groups in total. The summed E-state index contributed by atoms with van der Waals surface area (Å²) in [5.41, 5.74) is 5.06. The number of hydrogen-bond donors (Lipinski definition) is 0. The first-order chi connectivity index (χ1) is 8.63. The Morgan fingerprint density at radius 2 is 1.68 bits per heavy atom. The number of hydrogen-bond acceptors (Lipinski definition) is 0. The van der Waals surface area contributed by atoms with E-state index in [1.165, 1.54) is 23.3 Å². The van der Waals surface area contributed by atoms with E-state index >= 15 is 0 Å². The van der Waals surface area contributed by atoms with Crippen molar-refractivity contribution in [3.63, 3.8) is 0 Å². The van der Waals surface area contributed by atoms with Crippen molar-refractivity contribution in [1.82, 2.24) is 0 Å². The summed E-state index contributed by atoms with van der Waals surface area (Å²) in [6, 6.07) is 9.54. The number of rotatable bonds is 1. The van der Waals surface area contributed by atoms with Gasteiger partial charge in [0.2, 0.25) is 0 Å². The number of fused-ring (bicyclic) bond motifs is 1. The third-order valence-electron chi connectivity index (χ3n) is 3.23. The first kappa shape index (κ1) is 14.3. The molecular weight excluding hydrogens is 321 g/mol. The smallest absolute Gasteiger partial charge is 0.126 e. The van der Waals surface area contributed by atoms with Crippen LogP contribution >= 0.6 is 0 Å². The zero-order valence-corrected chi connectivity index (χ0v) is 13.0. The van der Waals surface area contributed by atoms with Crippen LogP contribution < -0.4 is 0 Å². The Bertz CT molecular complexity index is 640. The van der Waals surface area contributed by atoms with E-state index in [1.807, 2.05) is 12.1 Å². The maximum atomic E-state index is 13.3. The summed E-state index contributed by atoms with van der Waals surface area (Å²) in [4.78, 5) is 0. The fraction of sp³-hybridized carbons (Fsp3) is 0.125. The Hall–Kier alpha value is -1.08. The molecular formula is C16H12F2Zr. The number of allylic oxidation sites excluding steroid dienone is 1. The maximum Gasteiger partial charge on any atom is 0.126 e. The molecule has 3 heteroatoms. The summed E-state index contributed by atoms with van der Waals surface area (Å²) in [6.07, 6.45) is 3.01. The van der Waals surface area contributed by atoms with Crippen LogP contribution in [-0.2, 0) is 32.6 Å². The van der Waals surface area contributed by atoms with Crippen molar-refractivity contribution < 1.29 is 35.0 Å². The summed E-state index contributed by atoms with van der Waals surface area (Å²) < 4.78 is 26.6. The van der Waals surface area contributed by atoms with Crippen molar-refractivity contribution in [3.05, 3.63) is 64.7 Å². The number of benzene rings is 2. The Labute approximate surface area is 130 Å². The molecule has 0 aliphatic heterocycles. The fourth-order valence-corrected chi connectivity index (χ4v) is 2.50. The van der Waals surface area contributed by atoms with Gasteiger partial charge in [0.1, 0.15) is 11.6 Å². The van der Waals surface area contributed by atoms with Gasteiger partial charge in [-0.1, -0.05) is 29.8 Å². The molecule has 0 amide bonds. The van der Waals surface area contributed by atoms with E-state index in [1.54, 1.807) is 0 Å². The van der Waals surface area contributed by atoms with Gasteiger partial charge in [-0.05, 0) is 47.7 Å². The largest absolute Gasteiger partial charge is 0.207 e. The van der Waals surface area contributed by atoms with Crippen LogP contribution in [0.1, 0.15) is 18.1 Å². The summed E-state index contributed by atoms with van der Waals surface area (Å²) in [7, 11) is 0. The first-order valence-electron chi connectivity index (χ1n) is 5.89. The average molecular weight is 333 g/mol. The molecule has 0 nitrogen and oxygen atoms in total. The predicted octanol–water partition coefficient (Wildman–Crippen LogP) is 4.59. The molecule has 2 aromatic carbocycles. The molecule has 0 atom stereocenters. The fourth-order valence-electron chi connectivity index (χ4n) is 2.50. The molecule has 19 heavy (non-hydrogen) atoms. The zero-order valence-electron chi connectivity index (χ0n) is 10.5. The van der Waals surface area contributed by atoms with E-state index in [9.17, 15) is 8.78 Å². The molecule has 0 spiro atoms. The van der Waals surface area contributed by atoms with Gasteiger partial charge in [-0.15, -0.1) is 0 Å². The zero-order chi connectivity index (χ0) is 12.7. The second kappa shape index (κ2) is 5.50. The molecule has 2 aromatic rings. The van der Waals surface area contributed by atoms with Gasteiger partial charge in [0.25, 0.3) is 0 Å². The molecule has 1 aliphatic carbocycles. The van der Waals surface area contributed by atoms with Crippen molar-refractivity contribution in [2.75, 3.05) is 0 Å². The molecule has 1 aliphatic rings. The van der Waals surface area contributed by atoms with E-state index in [0.29, 0.717) is 5.56 Å². The summed E-state index contributed by atoms with van der Waals surface area (Å²) >= 11 is 0. The molecule has 94 valence electrons. The van der Waals surface area contributed by atoms with Gasteiger partial charge >= 0.3 is 0 Å². The summed E-state index contributed by atoms with van der Waals surface area (Å²) in [5.74, 6) is -1.08. The Balaban J connectivity index is 0.00000133. The standard InChI is InChI=1S/C16H12F2.Zr/c1-10-5-11-3-2-4-15(16(11)6-10)12-7-13(17)9-14(18)8-12;/h2-4,6-9H,5H2,1H3;. The monoisotopic (exact) mass is 332 g/mol. The second-order valence-corrected chi connectivity index (χ2v) is 4.70. The molecule has 0 bridgehead atoms. The van der Waals surface area contributed by atoms with E-state index in [0.717, 1.165) is 23.6 Å². The van der Waals surface area contributed by atoms with Crippen LogP contribution in [0.15, 0.2) is 42.0 Å². The van der Waals surface area contributed by atoms with Crippen LogP contribution in [0.2, 0.25) is 0 Å². The normalized spacial score (nSPS) is 12.7. The molecule has 0 unspecified atom stereocenters. The van der Waals surface area contributed by atoms with Crippen LogP contribution in [0.3, 0.4) is 0 Å². The maximum absolute atomic E-state index is 13.3. The molecule has 0 saturated heterocycles. The van der Waals surface area contributed by atoms with Crippen molar-refractivity contribution in [3.8, 4) is 11.1 Å². The van der Waals surface area contributed by atoms with E-state index in [4.69, 9.17) is 0 Å². The first-order valence-corrected chi connectivity index (χ1v) is 5.89. The third-order valence-corrected chi connectivity index (χ3v) is 3.23. The Kier molecular flexibility index (Phi) is 4.15. The van der Waals surface area contributed by atoms with E-state index in [2.05, 4.69) is 19.1 Å². The van der Waals surface area contributed by atoms with Gasteiger partial charge in [0.15, 0.2) is 0 Å². The summed E-state index contributed by atoms with van der Waals surface area (Å²) in [5, 5.41) is 0. The van der Waals surface area contributed by atoms with Crippen LogP contribution in [-0.4, -0.2) is 0 Å². The van der Waals surface area contributed by atoms with Crippen molar-refractivity contribution >= 4 is 6.08 Å². The van der Waals surface area contributed by atoms with Crippen molar-refractivity contribution in [1.29, 1.82) is 0 Å². The van der Waals surface area contributed by atoms with Gasteiger partial charge in [0, 0.05) is 32.3 Å². The minimum atomic E-state index is -0.540. The minimum absolute atomic E-state index is 0. The molecule has 0 fully saturated rings. The molecule has 0 heterocycles. The quantitative estimate of drug-likeness (QED) is 0.716. The van der Waals surface area contributed by atoms with Crippen molar-refractivity contribution in [2.45, 2.75) is 13.3 Å². The third kappa shape index (κ3) is 2.76. The van der Waals surface area contributed by atoms with Gasteiger partial charge in [-0.2, -0.15) is 0 Å². The van der Waals surface area contributed by atoms with E-state index < -0.39 is 11.6 Å². The molecule has 3 rings (SSSR count). The van der Waals surface area contributed by atoms with Crippen LogP contribution in [0.25, 0.3) is 17.2 Å². The molecule has 0 radical (unpaired) electrons. The van der Waals surface area contributed by atoms with Gasteiger partial charge in [-0.3, -0.25) is 0 Å². The Morgan fingerprint density at radius 1 is 1.00 bits per heavy atom. The van der Waals surface area contributed by atoms with Crippen LogP contribution in [0, 0.1) is 11.6 Å². The number of halogens is 2.